The Labute approximate surface area is 198 Å². The Morgan fingerprint density at radius 1 is 0.912 bits per heavy atom. The number of carbonyl (C=O) groups is 3. The Hall–Kier alpha value is -3.74. The number of fused-ring (bicyclic) bond motifs is 1. The first-order chi connectivity index (χ1) is 16.2. The molecule has 1 aromatic heterocycles. The summed E-state index contributed by atoms with van der Waals surface area (Å²) in [5.41, 5.74) is 1.75. The van der Waals surface area contributed by atoms with E-state index in [1.165, 1.54) is 19.4 Å². The second kappa shape index (κ2) is 9.63. The van der Waals surface area contributed by atoms with E-state index in [1.807, 2.05) is 54.6 Å². The highest BCUT2D eigenvalue weighted by atomic mass is 16.4. The number of amides is 2. The van der Waals surface area contributed by atoms with Crippen molar-refractivity contribution in [2.75, 3.05) is 5.32 Å². The average Bonchev–Trinajstić information content (AvgIpc) is 2.84. The summed E-state index contributed by atoms with van der Waals surface area (Å²) in [6.45, 7) is 2.99. The lowest BCUT2D eigenvalue weighted by Crippen LogP contribution is -2.51. The van der Waals surface area contributed by atoms with Crippen molar-refractivity contribution >= 4 is 34.4 Å². The topological polar surface area (TPSA) is 108 Å². The van der Waals surface area contributed by atoms with Gasteiger partial charge in [-0.25, -0.2) is 9.78 Å². The highest BCUT2D eigenvalue weighted by Gasteiger charge is 2.33. The van der Waals surface area contributed by atoms with Gasteiger partial charge in [-0.05, 0) is 75.3 Å². The van der Waals surface area contributed by atoms with Crippen LogP contribution in [-0.2, 0) is 9.59 Å². The zero-order valence-electron chi connectivity index (χ0n) is 19.4. The van der Waals surface area contributed by atoms with Gasteiger partial charge in [0.1, 0.15) is 11.2 Å². The second-order valence-electron chi connectivity index (χ2n) is 9.43. The zero-order valence-corrected chi connectivity index (χ0v) is 19.4. The maximum atomic E-state index is 12.6. The molecule has 176 valence electrons. The normalized spacial score (nSPS) is 18.3. The van der Waals surface area contributed by atoms with Crippen molar-refractivity contribution in [3.8, 4) is 0 Å². The SMILES string of the molecule is CC(C)(NC(=O)[C@H]1CC[C@H](c2ccc(NC(=O)c3ccc4ccccc4n3)cc2)CC1)C(=O)O. The molecule has 0 atom stereocenters. The minimum atomic E-state index is -1.27. The van der Waals surface area contributed by atoms with Gasteiger partial charge in [0.25, 0.3) is 5.91 Å². The van der Waals surface area contributed by atoms with Gasteiger partial charge in [0.2, 0.25) is 5.91 Å². The summed E-state index contributed by atoms with van der Waals surface area (Å²) in [5.74, 6) is -1.31. The quantitative estimate of drug-likeness (QED) is 0.493. The Balaban J connectivity index is 1.32. The Bertz CT molecular complexity index is 1210. The third kappa shape index (κ3) is 5.25. The molecule has 1 aliphatic carbocycles. The molecule has 34 heavy (non-hydrogen) atoms. The van der Waals surface area contributed by atoms with Gasteiger partial charge >= 0.3 is 5.97 Å². The lowest BCUT2D eigenvalue weighted by molar-refractivity contribution is -0.146. The highest BCUT2D eigenvalue weighted by molar-refractivity contribution is 6.04. The maximum absolute atomic E-state index is 12.6. The van der Waals surface area contributed by atoms with E-state index in [9.17, 15) is 19.5 Å². The highest BCUT2D eigenvalue weighted by Crippen LogP contribution is 2.36. The smallest absolute Gasteiger partial charge is 0.328 e. The van der Waals surface area contributed by atoms with Crippen molar-refractivity contribution in [2.45, 2.75) is 51.0 Å². The van der Waals surface area contributed by atoms with Crippen LogP contribution >= 0.6 is 0 Å². The number of hydrogen-bond donors (Lipinski definition) is 3. The van der Waals surface area contributed by atoms with Gasteiger partial charge in [0, 0.05) is 17.0 Å². The van der Waals surface area contributed by atoms with Gasteiger partial charge in [0.05, 0.1) is 5.52 Å². The fourth-order valence-corrected chi connectivity index (χ4v) is 4.38. The lowest BCUT2D eigenvalue weighted by Gasteiger charge is -2.30. The predicted octanol–water partition coefficient (Wildman–Crippen LogP) is 4.74. The molecule has 0 aliphatic heterocycles. The van der Waals surface area contributed by atoms with Gasteiger partial charge in [-0.2, -0.15) is 0 Å². The number of rotatable bonds is 6. The fraction of sp³-hybridized carbons (Fsp3) is 0.333. The average molecular weight is 460 g/mol. The van der Waals surface area contributed by atoms with Crippen LogP contribution < -0.4 is 10.6 Å². The number of nitrogens with one attached hydrogen (secondary N) is 2. The number of carboxylic acid groups (broad SMARTS) is 1. The Morgan fingerprint density at radius 3 is 2.26 bits per heavy atom. The number of aliphatic carboxylic acids is 1. The molecular formula is C27H29N3O4. The van der Waals surface area contributed by atoms with Gasteiger partial charge in [-0.3, -0.25) is 9.59 Å². The lowest BCUT2D eigenvalue weighted by atomic mass is 9.78. The standard InChI is InChI=1S/C27H29N3O4/c1-27(2,26(33)34)30-24(31)20-9-7-17(8-10-20)18-11-14-21(15-12-18)28-25(32)23-16-13-19-5-3-4-6-22(19)29-23/h3-6,11-17,20H,7-10H2,1-2H3,(H,28,32)(H,30,31)(H,33,34)/t17-,20-. The summed E-state index contributed by atoms with van der Waals surface area (Å²) >= 11 is 0. The molecule has 1 saturated carbocycles. The third-order valence-corrected chi connectivity index (χ3v) is 6.54. The predicted molar refractivity (Wildman–Crippen MR) is 131 cm³/mol. The number of nitrogens with zero attached hydrogens (tertiary/aromatic N) is 1. The van der Waals surface area contributed by atoms with Crippen LogP contribution in [0.2, 0.25) is 0 Å². The maximum Gasteiger partial charge on any atom is 0.328 e. The minimum absolute atomic E-state index is 0.164. The van der Waals surface area contributed by atoms with E-state index in [4.69, 9.17) is 0 Å². The van der Waals surface area contributed by atoms with Crippen molar-refractivity contribution < 1.29 is 19.5 Å². The molecule has 3 N–H and O–H groups in total. The second-order valence-corrected chi connectivity index (χ2v) is 9.43. The van der Waals surface area contributed by atoms with Crippen LogP contribution in [0.4, 0.5) is 5.69 Å². The number of carbonyl (C=O) groups excluding carboxylic acids is 2. The molecular weight excluding hydrogens is 430 g/mol. The monoisotopic (exact) mass is 459 g/mol. The molecule has 2 aromatic carbocycles. The van der Waals surface area contributed by atoms with E-state index in [0.29, 0.717) is 17.3 Å². The number of carboxylic acids is 1. The molecule has 0 bridgehead atoms. The molecule has 7 nitrogen and oxygen atoms in total. The first kappa shape index (κ1) is 23.4. The summed E-state index contributed by atoms with van der Waals surface area (Å²) in [6.07, 6.45) is 3.16. The summed E-state index contributed by atoms with van der Waals surface area (Å²) in [5, 5.41) is 15.8. The van der Waals surface area contributed by atoms with Crippen LogP contribution in [0.15, 0.2) is 60.7 Å². The molecule has 1 heterocycles. The van der Waals surface area contributed by atoms with Crippen LogP contribution in [0.25, 0.3) is 10.9 Å². The number of pyridine rings is 1. The first-order valence-electron chi connectivity index (χ1n) is 11.6. The van der Waals surface area contributed by atoms with Gasteiger partial charge in [0.15, 0.2) is 0 Å². The van der Waals surface area contributed by atoms with Crippen molar-refractivity contribution in [3.63, 3.8) is 0 Å². The summed E-state index contributed by atoms with van der Waals surface area (Å²) in [7, 11) is 0. The van der Waals surface area contributed by atoms with Gasteiger partial charge in [-0.15, -0.1) is 0 Å². The van der Waals surface area contributed by atoms with Crippen molar-refractivity contribution in [2.24, 2.45) is 5.92 Å². The van der Waals surface area contributed by atoms with E-state index in [2.05, 4.69) is 15.6 Å². The van der Waals surface area contributed by atoms with Crippen LogP contribution in [0.3, 0.4) is 0 Å². The number of aromatic nitrogens is 1. The molecule has 0 radical (unpaired) electrons. The number of para-hydroxylation sites is 1. The molecule has 2 amide bonds. The van der Waals surface area contributed by atoms with Crippen LogP contribution in [0.1, 0.15) is 61.5 Å². The molecule has 1 aliphatic rings. The summed E-state index contributed by atoms with van der Waals surface area (Å²) in [6, 6.07) is 19.1. The van der Waals surface area contributed by atoms with Crippen molar-refractivity contribution in [1.29, 1.82) is 0 Å². The van der Waals surface area contributed by atoms with E-state index < -0.39 is 11.5 Å². The third-order valence-electron chi connectivity index (χ3n) is 6.54. The first-order valence-corrected chi connectivity index (χ1v) is 11.6. The van der Waals surface area contributed by atoms with Crippen LogP contribution in [-0.4, -0.2) is 33.4 Å². The minimum Gasteiger partial charge on any atom is -0.480 e. The number of anilines is 1. The Kier molecular flexibility index (Phi) is 6.63. The zero-order chi connectivity index (χ0) is 24.3. The molecule has 0 spiro atoms. The molecule has 1 fully saturated rings. The fourth-order valence-electron chi connectivity index (χ4n) is 4.38. The summed E-state index contributed by atoms with van der Waals surface area (Å²) < 4.78 is 0. The largest absolute Gasteiger partial charge is 0.480 e. The molecule has 0 unspecified atom stereocenters. The van der Waals surface area contributed by atoms with Gasteiger partial charge < -0.3 is 15.7 Å². The van der Waals surface area contributed by atoms with Gasteiger partial charge in [-0.1, -0.05) is 36.4 Å². The van der Waals surface area contributed by atoms with Crippen molar-refractivity contribution in [1.82, 2.24) is 10.3 Å². The summed E-state index contributed by atoms with van der Waals surface area (Å²) in [4.78, 5) is 40.8. The molecule has 4 rings (SSSR count). The van der Waals surface area contributed by atoms with Crippen molar-refractivity contribution in [3.05, 3.63) is 71.9 Å². The number of hydrogen-bond acceptors (Lipinski definition) is 4. The molecule has 7 heteroatoms. The molecule has 0 saturated heterocycles. The van der Waals surface area contributed by atoms with E-state index in [1.54, 1.807) is 6.07 Å². The molecule has 3 aromatic rings. The Morgan fingerprint density at radius 2 is 1.59 bits per heavy atom. The van der Waals surface area contributed by atoms with E-state index >= 15 is 0 Å². The van der Waals surface area contributed by atoms with E-state index in [-0.39, 0.29) is 17.7 Å². The van der Waals surface area contributed by atoms with Crippen LogP contribution in [0.5, 0.6) is 0 Å². The van der Waals surface area contributed by atoms with Crippen LogP contribution in [0, 0.1) is 5.92 Å². The number of benzene rings is 2. The van der Waals surface area contributed by atoms with E-state index in [0.717, 1.165) is 36.6 Å².